The van der Waals surface area contributed by atoms with E-state index in [1.807, 2.05) is 0 Å². The van der Waals surface area contributed by atoms with E-state index in [1.165, 1.54) is 5.56 Å². The van der Waals surface area contributed by atoms with Crippen molar-refractivity contribution in [3.05, 3.63) is 35.9 Å². The zero-order valence-corrected chi connectivity index (χ0v) is 9.57. The molecule has 15 heavy (non-hydrogen) atoms. The molecule has 0 N–H and O–H groups in total. The first kappa shape index (κ1) is 10.7. The molecule has 1 fully saturated rings. The molecule has 1 aliphatic rings. The van der Waals surface area contributed by atoms with E-state index in [2.05, 4.69) is 49.2 Å². The minimum Gasteiger partial charge on any atom is -0.380 e. The van der Waals surface area contributed by atoms with Crippen molar-refractivity contribution in [1.29, 1.82) is 0 Å². The second kappa shape index (κ2) is 4.33. The van der Waals surface area contributed by atoms with Gasteiger partial charge in [-0.2, -0.15) is 0 Å². The van der Waals surface area contributed by atoms with E-state index in [-0.39, 0.29) is 0 Å². The Morgan fingerprint density at radius 2 is 1.93 bits per heavy atom. The normalized spacial score (nSPS) is 18.9. The Hall–Kier alpha value is -0.860. The second-order valence-corrected chi connectivity index (χ2v) is 4.96. The maximum Gasteiger partial charge on any atom is 0.0554 e. The van der Waals surface area contributed by atoms with Crippen molar-refractivity contribution in [1.82, 2.24) is 4.90 Å². The maximum absolute atomic E-state index is 5.26. The molecule has 1 aliphatic heterocycles. The van der Waals surface area contributed by atoms with E-state index in [9.17, 15) is 0 Å². The Morgan fingerprint density at radius 1 is 1.27 bits per heavy atom. The van der Waals surface area contributed by atoms with E-state index >= 15 is 0 Å². The molecule has 0 radical (unpaired) electrons. The first-order chi connectivity index (χ1) is 7.18. The molecule has 0 amide bonds. The van der Waals surface area contributed by atoms with Gasteiger partial charge in [-0.15, -0.1) is 0 Å². The van der Waals surface area contributed by atoms with Crippen molar-refractivity contribution < 1.29 is 4.74 Å². The van der Waals surface area contributed by atoms with Crippen LogP contribution in [0.1, 0.15) is 12.5 Å². The van der Waals surface area contributed by atoms with Gasteiger partial charge >= 0.3 is 0 Å². The van der Waals surface area contributed by atoms with Crippen LogP contribution in [0.15, 0.2) is 30.3 Å². The van der Waals surface area contributed by atoms with Crippen molar-refractivity contribution in [2.24, 2.45) is 5.41 Å². The van der Waals surface area contributed by atoms with Gasteiger partial charge in [0.25, 0.3) is 0 Å². The standard InChI is InChI=1S/C13H19NO/c1-13(10-15-11-13)9-14(2)8-12-6-4-3-5-7-12/h3-7H,8-11H2,1-2H3. The maximum atomic E-state index is 5.26. The predicted octanol–water partition coefficient (Wildman–Crippen LogP) is 2.15. The number of ether oxygens (including phenoxy) is 1. The minimum absolute atomic E-state index is 0.379. The summed E-state index contributed by atoms with van der Waals surface area (Å²) >= 11 is 0. The highest BCUT2D eigenvalue weighted by molar-refractivity contribution is 5.14. The summed E-state index contributed by atoms with van der Waals surface area (Å²) in [7, 11) is 2.18. The Balaban J connectivity index is 1.84. The molecule has 0 unspecified atom stereocenters. The van der Waals surface area contributed by atoms with Gasteiger partial charge in [0.05, 0.1) is 13.2 Å². The minimum atomic E-state index is 0.379. The fourth-order valence-electron chi connectivity index (χ4n) is 2.14. The Kier molecular flexibility index (Phi) is 3.08. The first-order valence-electron chi connectivity index (χ1n) is 5.48. The van der Waals surface area contributed by atoms with Gasteiger partial charge < -0.3 is 9.64 Å². The van der Waals surface area contributed by atoms with E-state index in [4.69, 9.17) is 4.74 Å². The van der Waals surface area contributed by atoms with Crippen LogP contribution in [0.25, 0.3) is 0 Å². The van der Waals surface area contributed by atoms with Gasteiger partial charge in [-0.25, -0.2) is 0 Å². The lowest BCUT2D eigenvalue weighted by atomic mass is 9.88. The monoisotopic (exact) mass is 205 g/mol. The molecule has 1 aromatic rings. The average Bonchev–Trinajstić information content (AvgIpc) is 2.16. The van der Waals surface area contributed by atoms with Gasteiger partial charge in [-0.3, -0.25) is 0 Å². The summed E-state index contributed by atoms with van der Waals surface area (Å²) < 4.78 is 5.26. The van der Waals surface area contributed by atoms with E-state index in [0.717, 1.165) is 26.3 Å². The summed E-state index contributed by atoms with van der Waals surface area (Å²) in [6.45, 7) is 6.24. The van der Waals surface area contributed by atoms with E-state index < -0.39 is 0 Å². The van der Waals surface area contributed by atoms with Gasteiger partial charge in [0.15, 0.2) is 0 Å². The molecule has 0 saturated carbocycles. The molecule has 0 atom stereocenters. The predicted molar refractivity (Wildman–Crippen MR) is 61.7 cm³/mol. The van der Waals surface area contributed by atoms with Crippen molar-refractivity contribution in [3.8, 4) is 0 Å². The zero-order valence-electron chi connectivity index (χ0n) is 9.57. The molecule has 1 heterocycles. The highest BCUT2D eigenvalue weighted by atomic mass is 16.5. The number of benzene rings is 1. The smallest absolute Gasteiger partial charge is 0.0554 e. The van der Waals surface area contributed by atoms with Crippen LogP contribution in [-0.4, -0.2) is 31.7 Å². The molecule has 1 aromatic carbocycles. The third-order valence-corrected chi connectivity index (χ3v) is 2.85. The fraction of sp³-hybridized carbons (Fsp3) is 0.538. The molecule has 2 nitrogen and oxygen atoms in total. The van der Waals surface area contributed by atoms with Crippen molar-refractivity contribution in [2.45, 2.75) is 13.5 Å². The third-order valence-electron chi connectivity index (χ3n) is 2.85. The topological polar surface area (TPSA) is 12.5 Å². The summed E-state index contributed by atoms with van der Waals surface area (Å²) in [5, 5.41) is 0. The molecular formula is C13H19NO. The van der Waals surface area contributed by atoms with Crippen LogP contribution in [-0.2, 0) is 11.3 Å². The molecular weight excluding hydrogens is 186 g/mol. The van der Waals surface area contributed by atoms with E-state index in [0.29, 0.717) is 5.41 Å². The third kappa shape index (κ3) is 2.80. The molecule has 0 aliphatic carbocycles. The zero-order chi connectivity index (χ0) is 10.7. The molecule has 0 spiro atoms. The van der Waals surface area contributed by atoms with Crippen LogP contribution in [0.5, 0.6) is 0 Å². The Morgan fingerprint density at radius 3 is 2.47 bits per heavy atom. The Labute approximate surface area is 91.9 Å². The molecule has 1 saturated heterocycles. The van der Waals surface area contributed by atoms with Crippen LogP contribution >= 0.6 is 0 Å². The highest BCUT2D eigenvalue weighted by Gasteiger charge is 2.34. The molecule has 2 heteroatoms. The van der Waals surface area contributed by atoms with Crippen LogP contribution in [0.4, 0.5) is 0 Å². The quantitative estimate of drug-likeness (QED) is 0.747. The summed E-state index contributed by atoms with van der Waals surface area (Å²) in [6, 6.07) is 10.6. The summed E-state index contributed by atoms with van der Waals surface area (Å²) in [4.78, 5) is 2.37. The van der Waals surface area contributed by atoms with Crippen LogP contribution < -0.4 is 0 Å². The van der Waals surface area contributed by atoms with Gasteiger partial charge in [0.2, 0.25) is 0 Å². The number of hydrogen-bond acceptors (Lipinski definition) is 2. The molecule has 2 rings (SSSR count). The van der Waals surface area contributed by atoms with E-state index in [1.54, 1.807) is 0 Å². The summed E-state index contributed by atoms with van der Waals surface area (Å²) in [6.07, 6.45) is 0. The number of rotatable bonds is 4. The van der Waals surface area contributed by atoms with Crippen LogP contribution in [0, 0.1) is 5.41 Å². The lowest BCUT2D eigenvalue weighted by Crippen LogP contribution is -2.47. The van der Waals surface area contributed by atoms with Gasteiger partial charge in [0, 0.05) is 18.5 Å². The molecule has 0 bridgehead atoms. The highest BCUT2D eigenvalue weighted by Crippen LogP contribution is 2.27. The van der Waals surface area contributed by atoms with Crippen LogP contribution in [0.3, 0.4) is 0 Å². The number of nitrogens with zero attached hydrogens (tertiary/aromatic N) is 1. The number of hydrogen-bond donors (Lipinski definition) is 0. The lowest BCUT2D eigenvalue weighted by Gasteiger charge is -2.40. The summed E-state index contributed by atoms with van der Waals surface area (Å²) in [5.41, 5.74) is 1.76. The first-order valence-corrected chi connectivity index (χ1v) is 5.48. The van der Waals surface area contributed by atoms with Crippen LogP contribution in [0.2, 0.25) is 0 Å². The molecule has 82 valence electrons. The van der Waals surface area contributed by atoms with Crippen molar-refractivity contribution in [3.63, 3.8) is 0 Å². The summed E-state index contributed by atoms with van der Waals surface area (Å²) in [5.74, 6) is 0. The van der Waals surface area contributed by atoms with Crippen molar-refractivity contribution >= 4 is 0 Å². The van der Waals surface area contributed by atoms with Gasteiger partial charge in [-0.05, 0) is 12.6 Å². The Bertz CT molecular complexity index is 306. The SMILES string of the molecule is CN(Cc1ccccc1)CC1(C)COC1. The fourth-order valence-corrected chi connectivity index (χ4v) is 2.14. The van der Waals surface area contributed by atoms with Gasteiger partial charge in [0.1, 0.15) is 0 Å². The second-order valence-electron chi connectivity index (χ2n) is 4.96. The lowest BCUT2D eigenvalue weighted by molar-refractivity contribution is -0.113. The largest absolute Gasteiger partial charge is 0.380 e. The van der Waals surface area contributed by atoms with Gasteiger partial charge in [-0.1, -0.05) is 37.3 Å². The average molecular weight is 205 g/mol. The molecule has 0 aromatic heterocycles. The van der Waals surface area contributed by atoms with Crippen molar-refractivity contribution in [2.75, 3.05) is 26.8 Å².